The Balaban J connectivity index is 1.37. The lowest BCUT2D eigenvalue weighted by atomic mass is 10.1. The zero-order chi connectivity index (χ0) is 22.2. The summed E-state index contributed by atoms with van der Waals surface area (Å²) < 4.78 is 4.98. The molecule has 1 aliphatic heterocycles. The first-order valence-corrected chi connectivity index (χ1v) is 10.7. The van der Waals surface area contributed by atoms with E-state index in [1.54, 1.807) is 18.2 Å². The fraction of sp³-hybridized carbons (Fsp3) is 0.273. The van der Waals surface area contributed by atoms with Crippen molar-refractivity contribution in [2.75, 3.05) is 19.6 Å². The van der Waals surface area contributed by atoms with Gasteiger partial charge >= 0.3 is 0 Å². The van der Waals surface area contributed by atoms with Crippen molar-refractivity contribution in [2.24, 2.45) is 0 Å². The summed E-state index contributed by atoms with van der Waals surface area (Å²) in [5, 5.41) is 5.00. The van der Waals surface area contributed by atoms with Gasteiger partial charge in [0.25, 0.3) is 17.1 Å². The van der Waals surface area contributed by atoms with Crippen LogP contribution in [0.1, 0.15) is 34.5 Å². The highest BCUT2D eigenvalue weighted by atomic mass is 32.2. The van der Waals surface area contributed by atoms with Crippen LogP contribution >= 0.6 is 11.8 Å². The molecule has 0 spiro atoms. The van der Waals surface area contributed by atoms with Crippen molar-refractivity contribution in [1.82, 2.24) is 15.5 Å². The van der Waals surface area contributed by atoms with E-state index in [1.807, 2.05) is 31.2 Å². The van der Waals surface area contributed by atoms with Crippen molar-refractivity contribution < 1.29 is 23.6 Å². The van der Waals surface area contributed by atoms with Crippen LogP contribution in [0.2, 0.25) is 0 Å². The van der Waals surface area contributed by atoms with Crippen LogP contribution in [0.25, 0.3) is 6.08 Å². The number of carbonyl (C=O) groups excluding carboxylic acids is 4. The Kier molecular flexibility index (Phi) is 7.66. The van der Waals surface area contributed by atoms with E-state index in [1.165, 1.54) is 6.26 Å². The van der Waals surface area contributed by atoms with Crippen LogP contribution in [0.15, 0.2) is 52.0 Å². The number of benzene rings is 1. The fourth-order valence-electron chi connectivity index (χ4n) is 2.85. The van der Waals surface area contributed by atoms with Gasteiger partial charge in [-0.15, -0.1) is 0 Å². The molecule has 0 radical (unpaired) electrons. The van der Waals surface area contributed by atoms with Crippen LogP contribution in [-0.4, -0.2) is 47.5 Å². The van der Waals surface area contributed by atoms with Gasteiger partial charge in [0.1, 0.15) is 0 Å². The number of rotatable bonds is 9. The van der Waals surface area contributed by atoms with Crippen LogP contribution in [0.4, 0.5) is 4.79 Å². The van der Waals surface area contributed by atoms with Crippen LogP contribution in [-0.2, 0) is 9.59 Å². The number of carbonyl (C=O) groups is 4. The highest BCUT2D eigenvalue weighted by molar-refractivity contribution is 8.18. The second kappa shape index (κ2) is 10.6. The molecule has 1 aliphatic rings. The molecule has 2 aromatic rings. The van der Waals surface area contributed by atoms with Gasteiger partial charge < -0.3 is 15.1 Å². The SMILES string of the molecule is Cc1ccc(C=C2SC(=O)N(CCNC(=O)CCCNC(=O)c3ccco3)C2=O)cc1. The van der Waals surface area contributed by atoms with Crippen LogP contribution in [0.5, 0.6) is 0 Å². The van der Waals surface area contributed by atoms with E-state index in [2.05, 4.69) is 10.6 Å². The maximum absolute atomic E-state index is 12.5. The van der Waals surface area contributed by atoms with Gasteiger partial charge in [-0.2, -0.15) is 0 Å². The largest absolute Gasteiger partial charge is 0.459 e. The number of hydrogen-bond donors (Lipinski definition) is 2. The summed E-state index contributed by atoms with van der Waals surface area (Å²) in [6.07, 6.45) is 3.78. The van der Waals surface area contributed by atoms with Crippen LogP contribution < -0.4 is 10.6 Å². The molecule has 2 N–H and O–H groups in total. The van der Waals surface area contributed by atoms with Crippen LogP contribution in [0.3, 0.4) is 0 Å². The predicted molar refractivity (Wildman–Crippen MR) is 117 cm³/mol. The molecule has 9 heteroatoms. The van der Waals surface area contributed by atoms with Gasteiger partial charge in [0.05, 0.1) is 11.2 Å². The summed E-state index contributed by atoms with van der Waals surface area (Å²) in [6, 6.07) is 10.8. The number of hydrogen-bond acceptors (Lipinski definition) is 6. The molecule has 162 valence electrons. The molecule has 1 aromatic heterocycles. The topological polar surface area (TPSA) is 109 Å². The fourth-order valence-corrected chi connectivity index (χ4v) is 3.71. The highest BCUT2D eigenvalue weighted by Gasteiger charge is 2.34. The Hall–Kier alpha value is -3.33. The molecular weight excluding hydrogens is 418 g/mol. The molecule has 0 saturated carbocycles. The number of furan rings is 1. The summed E-state index contributed by atoms with van der Waals surface area (Å²) in [6.45, 7) is 2.59. The minimum absolute atomic E-state index is 0.108. The number of nitrogens with one attached hydrogen (secondary N) is 2. The van der Waals surface area contributed by atoms with E-state index in [9.17, 15) is 19.2 Å². The minimum Gasteiger partial charge on any atom is -0.459 e. The van der Waals surface area contributed by atoms with E-state index in [-0.39, 0.29) is 48.2 Å². The Morgan fingerprint density at radius 3 is 2.58 bits per heavy atom. The first-order valence-electron chi connectivity index (χ1n) is 9.84. The Morgan fingerprint density at radius 2 is 1.87 bits per heavy atom. The third kappa shape index (κ3) is 6.32. The van der Waals surface area contributed by atoms with E-state index in [0.717, 1.165) is 27.8 Å². The van der Waals surface area contributed by atoms with Crippen LogP contribution in [0, 0.1) is 6.92 Å². The summed E-state index contributed by atoms with van der Waals surface area (Å²) in [5.74, 6) is -0.679. The molecule has 2 heterocycles. The monoisotopic (exact) mass is 441 g/mol. The first kappa shape index (κ1) is 22.4. The summed E-state index contributed by atoms with van der Waals surface area (Å²) in [4.78, 5) is 49.8. The maximum Gasteiger partial charge on any atom is 0.293 e. The third-order valence-electron chi connectivity index (χ3n) is 4.52. The number of imide groups is 1. The van der Waals surface area contributed by atoms with Gasteiger partial charge in [-0.05, 0) is 48.9 Å². The molecule has 3 rings (SSSR count). The number of aryl methyl sites for hydroxylation is 1. The van der Waals surface area contributed by atoms with Gasteiger partial charge in [-0.1, -0.05) is 29.8 Å². The molecule has 0 bridgehead atoms. The molecule has 1 aromatic carbocycles. The molecule has 31 heavy (non-hydrogen) atoms. The van der Waals surface area contributed by atoms with E-state index in [4.69, 9.17) is 4.42 Å². The molecule has 0 unspecified atom stereocenters. The zero-order valence-corrected chi connectivity index (χ0v) is 17.9. The molecule has 8 nitrogen and oxygen atoms in total. The van der Waals surface area contributed by atoms with E-state index >= 15 is 0 Å². The van der Waals surface area contributed by atoms with Gasteiger partial charge in [-0.3, -0.25) is 24.1 Å². The average molecular weight is 442 g/mol. The van der Waals surface area contributed by atoms with Gasteiger partial charge in [0.2, 0.25) is 5.91 Å². The normalized spacial score (nSPS) is 14.9. The molecule has 0 aliphatic carbocycles. The van der Waals surface area contributed by atoms with Crippen molar-refractivity contribution in [3.05, 3.63) is 64.5 Å². The Bertz CT molecular complexity index is 983. The van der Waals surface area contributed by atoms with Crippen molar-refractivity contribution in [3.63, 3.8) is 0 Å². The average Bonchev–Trinajstić information content (AvgIpc) is 3.37. The van der Waals surface area contributed by atoms with Gasteiger partial charge in [0, 0.05) is 26.1 Å². The smallest absolute Gasteiger partial charge is 0.293 e. The quantitative estimate of drug-likeness (QED) is 0.458. The summed E-state index contributed by atoms with van der Waals surface area (Å²) >= 11 is 0.896. The second-order valence-corrected chi connectivity index (χ2v) is 7.92. The molecule has 0 atom stereocenters. The number of thioether (sulfide) groups is 1. The lowest BCUT2D eigenvalue weighted by molar-refractivity contribution is -0.124. The predicted octanol–water partition coefficient (Wildman–Crippen LogP) is 2.95. The summed E-state index contributed by atoms with van der Waals surface area (Å²) in [7, 11) is 0. The van der Waals surface area contributed by atoms with Gasteiger partial charge in [0.15, 0.2) is 5.76 Å². The van der Waals surface area contributed by atoms with Gasteiger partial charge in [-0.25, -0.2) is 0 Å². The zero-order valence-electron chi connectivity index (χ0n) is 17.1. The van der Waals surface area contributed by atoms with Crippen molar-refractivity contribution in [1.29, 1.82) is 0 Å². The van der Waals surface area contributed by atoms with Crippen molar-refractivity contribution in [2.45, 2.75) is 19.8 Å². The lowest BCUT2D eigenvalue weighted by Crippen LogP contribution is -2.37. The van der Waals surface area contributed by atoms with Crippen molar-refractivity contribution >= 4 is 40.8 Å². The molecule has 4 amide bonds. The second-order valence-electron chi connectivity index (χ2n) is 6.93. The Morgan fingerprint density at radius 1 is 1.10 bits per heavy atom. The maximum atomic E-state index is 12.5. The minimum atomic E-state index is -0.356. The highest BCUT2D eigenvalue weighted by Crippen LogP contribution is 2.31. The Labute approximate surface area is 184 Å². The molecular formula is C22H23N3O5S. The van der Waals surface area contributed by atoms with E-state index < -0.39 is 0 Å². The summed E-state index contributed by atoms with van der Waals surface area (Å²) in [5.41, 5.74) is 1.96. The number of nitrogens with zero attached hydrogens (tertiary/aromatic N) is 1. The molecule has 1 saturated heterocycles. The van der Waals surface area contributed by atoms with Crippen molar-refractivity contribution in [3.8, 4) is 0 Å². The lowest BCUT2D eigenvalue weighted by Gasteiger charge is -2.13. The number of amides is 4. The third-order valence-corrected chi connectivity index (χ3v) is 5.42. The first-order chi connectivity index (χ1) is 14.9. The van der Waals surface area contributed by atoms with E-state index in [0.29, 0.717) is 17.9 Å². The standard InChI is InChI=1S/C22H23N3O5S/c1-15-6-8-16(9-7-15)14-18-21(28)25(22(29)31-18)12-11-23-19(26)5-2-10-24-20(27)17-4-3-13-30-17/h3-4,6-9,13-14H,2,5,10-12H2,1H3,(H,23,26)(H,24,27). The molecule has 1 fully saturated rings.